The van der Waals surface area contributed by atoms with E-state index in [1.807, 2.05) is 55.6 Å². The minimum atomic E-state index is 0.181. The summed E-state index contributed by atoms with van der Waals surface area (Å²) in [6, 6.07) is 17.5. The minimum absolute atomic E-state index is 0.181. The average molecular weight is 302 g/mol. The molecular weight excluding hydrogens is 282 g/mol. The summed E-state index contributed by atoms with van der Waals surface area (Å²) in [5.74, 6) is 0.181. The standard InChI is InChI=1S/C18H20ClNO/c1-14(16-9-6-10-17(19)13-16)20(2)12-11-18(21)15-7-4-3-5-8-15/h3-10,13-14H,11-12H2,1-2H3. The highest BCUT2D eigenvalue weighted by molar-refractivity contribution is 6.30. The molecule has 2 rings (SSSR count). The lowest BCUT2D eigenvalue weighted by atomic mass is 10.1. The van der Waals surface area contributed by atoms with E-state index in [1.165, 1.54) is 0 Å². The third-order valence-electron chi connectivity index (χ3n) is 3.78. The molecule has 0 heterocycles. The Labute approximate surface area is 131 Å². The van der Waals surface area contributed by atoms with Gasteiger partial charge in [0.15, 0.2) is 5.78 Å². The van der Waals surface area contributed by atoms with Crippen molar-refractivity contribution in [3.05, 3.63) is 70.7 Å². The van der Waals surface area contributed by atoms with Crippen molar-refractivity contribution in [1.29, 1.82) is 0 Å². The summed E-state index contributed by atoms with van der Waals surface area (Å²) in [5, 5.41) is 0.744. The van der Waals surface area contributed by atoms with Crippen molar-refractivity contribution in [2.24, 2.45) is 0 Å². The van der Waals surface area contributed by atoms with Crippen LogP contribution in [0.25, 0.3) is 0 Å². The highest BCUT2D eigenvalue weighted by atomic mass is 35.5. The second-order valence-corrected chi connectivity index (χ2v) is 5.69. The number of halogens is 1. The van der Waals surface area contributed by atoms with Crippen molar-refractivity contribution in [2.75, 3.05) is 13.6 Å². The number of rotatable bonds is 6. The van der Waals surface area contributed by atoms with E-state index in [0.29, 0.717) is 6.42 Å². The maximum Gasteiger partial charge on any atom is 0.164 e. The van der Waals surface area contributed by atoms with Crippen LogP contribution < -0.4 is 0 Å². The van der Waals surface area contributed by atoms with Crippen LogP contribution in [0.15, 0.2) is 54.6 Å². The van der Waals surface area contributed by atoms with E-state index in [9.17, 15) is 4.79 Å². The molecule has 21 heavy (non-hydrogen) atoms. The van der Waals surface area contributed by atoms with Crippen molar-refractivity contribution in [1.82, 2.24) is 4.90 Å². The fraction of sp³-hybridized carbons (Fsp3) is 0.278. The van der Waals surface area contributed by atoms with E-state index in [1.54, 1.807) is 0 Å². The molecule has 0 bridgehead atoms. The molecule has 2 aromatic rings. The number of hydrogen-bond donors (Lipinski definition) is 0. The number of ketones is 1. The third-order valence-corrected chi connectivity index (χ3v) is 4.01. The van der Waals surface area contributed by atoms with Gasteiger partial charge in [-0.15, -0.1) is 0 Å². The molecule has 0 amide bonds. The van der Waals surface area contributed by atoms with Gasteiger partial charge in [0.1, 0.15) is 0 Å². The Morgan fingerprint density at radius 1 is 1.14 bits per heavy atom. The number of nitrogens with zero attached hydrogens (tertiary/aromatic N) is 1. The number of carbonyl (C=O) groups is 1. The lowest BCUT2D eigenvalue weighted by molar-refractivity contribution is 0.0962. The Morgan fingerprint density at radius 2 is 1.86 bits per heavy atom. The summed E-state index contributed by atoms with van der Waals surface area (Å²) in [7, 11) is 2.03. The van der Waals surface area contributed by atoms with Gasteiger partial charge >= 0.3 is 0 Å². The van der Waals surface area contributed by atoms with Crippen molar-refractivity contribution < 1.29 is 4.79 Å². The average Bonchev–Trinajstić information content (AvgIpc) is 2.52. The van der Waals surface area contributed by atoms with E-state index in [4.69, 9.17) is 11.6 Å². The van der Waals surface area contributed by atoms with Crippen LogP contribution in [0.3, 0.4) is 0 Å². The number of benzene rings is 2. The molecule has 0 saturated heterocycles. The quantitative estimate of drug-likeness (QED) is 0.726. The van der Waals surface area contributed by atoms with Gasteiger partial charge in [-0.25, -0.2) is 0 Å². The first-order valence-electron chi connectivity index (χ1n) is 7.12. The molecule has 1 unspecified atom stereocenters. The lowest BCUT2D eigenvalue weighted by Gasteiger charge is -2.25. The van der Waals surface area contributed by atoms with Gasteiger partial charge in [-0.1, -0.05) is 54.1 Å². The molecule has 110 valence electrons. The summed E-state index contributed by atoms with van der Waals surface area (Å²) < 4.78 is 0. The van der Waals surface area contributed by atoms with Crippen molar-refractivity contribution in [2.45, 2.75) is 19.4 Å². The van der Waals surface area contributed by atoms with Gasteiger partial charge in [0.25, 0.3) is 0 Å². The van der Waals surface area contributed by atoms with Crippen LogP contribution in [0, 0.1) is 0 Å². The summed E-state index contributed by atoms with van der Waals surface area (Å²) in [4.78, 5) is 14.3. The molecule has 0 aliphatic heterocycles. The van der Waals surface area contributed by atoms with Gasteiger partial charge in [0.2, 0.25) is 0 Å². The number of carbonyl (C=O) groups excluding carboxylic acids is 1. The fourth-order valence-electron chi connectivity index (χ4n) is 2.26. The Morgan fingerprint density at radius 3 is 2.52 bits per heavy atom. The molecule has 0 radical (unpaired) electrons. The Hall–Kier alpha value is -1.64. The molecule has 2 aromatic carbocycles. The van der Waals surface area contributed by atoms with Crippen molar-refractivity contribution in [3.63, 3.8) is 0 Å². The smallest absolute Gasteiger partial charge is 0.164 e. The molecule has 0 fully saturated rings. The number of hydrogen-bond acceptors (Lipinski definition) is 2. The second-order valence-electron chi connectivity index (χ2n) is 5.25. The van der Waals surface area contributed by atoms with Gasteiger partial charge < -0.3 is 0 Å². The van der Waals surface area contributed by atoms with Gasteiger partial charge in [-0.3, -0.25) is 9.69 Å². The van der Waals surface area contributed by atoms with Crippen LogP contribution in [-0.2, 0) is 0 Å². The van der Waals surface area contributed by atoms with E-state index < -0.39 is 0 Å². The number of Topliss-reactive ketones (excluding diaryl/α,β-unsaturated/α-hetero) is 1. The van der Waals surface area contributed by atoms with Gasteiger partial charge in [0.05, 0.1) is 0 Å². The zero-order valence-corrected chi connectivity index (χ0v) is 13.2. The van der Waals surface area contributed by atoms with Gasteiger partial charge in [0, 0.05) is 29.6 Å². The Kier molecular flexibility index (Phi) is 5.54. The van der Waals surface area contributed by atoms with Gasteiger partial charge in [-0.2, -0.15) is 0 Å². The van der Waals surface area contributed by atoms with Crippen LogP contribution in [-0.4, -0.2) is 24.3 Å². The van der Waals surface area contributed by atoms with Crippen LogP contribution in [0.2, 0.25) is 5.02 Å². The van der Waals surface area contributed by atoms with E-state index in [0.717, 1.165) is 22.7 Å². The predicted octanol–water partition coefficient (Wildman–Crippen LogP) is 4.61. The summed E-state index contributed by atoms with van der Waals surface area (Å²) in [6.45, 7) is 2.85. The summed E-state index contributed by atoms with van der Waals surface area (Å²) in [6.07, 6.45) is 0.519. The SMILES string of the molecule is CC(c1cccc(Cl)c1)N(C)CCC(=O)c1ccccc1. The van der Waals surface area contributed by atoms with Crippen LogP contribution >= 0.6 is 11.6 Å². The Bertz CT molecular complexity index is 597. The topological polar surface area (TPSA) is 20.3 Å². The van der Waals surface area contributed by atoms with Crippen LogP contribution in [0.4, 0.5) is 0 Å². The highest BCUT2D eigenvalue weighted by Gasteiger charge is 2.14. The zero-order chi connectivity index (χ0) is 15.2. The molecule has 0 spiro atoms. The maximum atomic E-state index is 12.1. The highest BCUT2D eigenvalue weighted by Crippen LogP contribution is 2.22. The summed E-state index contributed by atoms with van der Waals surface area (Å²) in [5.41, 5.74) is 1.94. The molecule has 3 heteroatoms. The largest absolute Gasteiger partial charge is 0.299 e. The summed E-state index contributed by atoms with van der Waals surface area (Å²) >= 11 is 6.03. The third kappa shape index (κ3) is 4.42. The normalized spacial score (nSPS) is 12.4. The van der Waals surface area contributed by atoms with Crippen molar-refractivity contribution >= 4 is 17.4 Å². The fourth-order valence-corrected chi connectivity index (χ4v) is 2.46. The van der Waals surface area contributed by atoms with Gasteiger partial charge in [-0.05, 0) is 31.7 Å². The maximum absolute atomic E-state index is 12.1. The Balaban J connectivity index is 1.92. The second kappa shape index (κ2) is 7.39. The monoisotopic (exact) mass is 301 g/mol. The molecule has 0 N–H and O–H groups in total. The predicted molar refractivity (Wildman–Crippen MR) is 87.9 cm³/mol. The van der Waals surface area contributed by atoms with Crippen LogP contribution in [0.1, 0.15) is 35.3 Å². The first kappa shape index (κ1) is 15.7. The lowest BCUT2D eigenvalue weighted by Crippen LogP contribution is -2.25. The van der Waals surface area contributed by atoms with E-state index in [-0.39, 0.29) is 11.8 Å². The van der Waals surface area contributed by atoms with E-state index >= 15 is 0 Å². The van der Waals surface area contributed by atoms with Crippen LogP contribution in [0.5, 0.6) is 0 Å². The first-order valence-corrected chi connectivity index (χ1v) is 7.49. The molecule has 0 saturated carbocycles. The zero-order valence-electron chi connectivity index (χ0n) is 12.4. The molecule has 0 aliphatic carbocycles. The molecule has 2 nitrogen and oxygen atoms in total. The molecule has 0 aromatic heterocycles. The molecule has 1 atom stereocenters. The molecular formula is C18H20ClNO. The van der Waals surface area contributed by atoms with Crippen molar-refractivity contribution in [3.8, 4) is 0 Å². The minimum Gasteiger partial charge on any atom is -0.299 e. The first-order chi connectivity index (χ1) is 10.1. The molecule has 0 aliphatic rings. The van der Waals surface area contributed by atoms with E-state index in [2.05, 4.69) is 17.9 Å².